The highest BCUT2D eigenvalue weighted by Crippen LogP contribution is 2.33. The highest BCUT2D eigenvalue weighted by atomic mass is 35.5. The molecule has 1 N–H and O–H groups in total. The molecule has 5 heteroatoms. The van der Waals surface area contributed by atoms with Crippen LogP contribution in [0.25, 0.3) is 11.1 Å². The van der Waals surface area contributed by atoms with Crippen molar-refractivity contribution in [3.8, 4) is 16.9 Å². The van der Waals surface area contributed by atoms with Crippen LogP contribution in [0, 0.1) is 0 Å². The minimum Gasteiger partial charge on any atom is -0.507 e. The van der Waals surface area contributed by atoms with Gasteiger partial charge in [-0.3, -0.25) is 4.79 Å². The van der Waals surface area contributed by atoms with E-state index in [0.717, 1.165) is 0 Å². The van der Waals surface area contributed by atoms with Gasteiger partial charge in [0.2, 0.25) is 0 Å². The van der Waals surface area contributed by atoms with Crippen LogP contribution in [0.3, 0.4) is 0 Å². The summed E-state index contributed by atoms with van der Waals surface area (Å²) in [6.07, 6.45) is 0.573. The summed E-state index contributed by atoms with van der Waals surface area (Å²) in [6.45, 7) is 0. The molecule has 0 saturated heterocycles. The zero-order valence-electron chi connectivity index (χ0n) is 10.6. The molecular formula is C15H11ClO4. The Kier molecular flexibility index (Phi) is 4.05. The topological polar surface area (TPSA) is 63.6 Å². The average Bonchev–Trinajstić information content (AvgIpc) is 2.46. The smallest absolute Gasteiger partial charge is 0.339 e. The van der Waals surface area contributed by atoms with Crippen LogP contribution in [-0.2, 0) is 4.74 Å². The predicted octanol–water partition coefficient (Wildman–Crippen LogP) is 3.31. The van der Waals surface area contributed by atoms with Crippen molar-refractivity contribution in [2.75, 3.05) is 7.11 Å². The summed E-state index contributed by atoms with van der Waals surface area (Å²) in [5, 5.41) is 10.2. The number of para-hydroxylation sites is 1. The first-order chi connectivity index (χ1) is 9.58. The molecular weight excluding hydrogens is 280 g/mol. The molecule has 0 aliphatic carbocycles. The van der Waals surface area contributed by atoms with Crippen LogP contribution in [0.1, 0.15) is 20.7 Å². The quantitative estimate of drug-likeness (QED) is 0.696. The van der Waals surface area contributed by atoms with E-state index in [4.69, 9.17) is 11.6 Å². The molecule has 0 bridgehead atoms. The lowest BCUT2D eigenvalue weighted by molar-refractivity contribution is 0.0601. The standard InChI is InChI=1S/C15H11ClO4/c1-20-15(19)12-6-5-9(7-13(12)16)11-4-2-3-10(8-17)14(11)18/h2-8,18H,1H3. The number of hydrogen-bond acceptors (Lipinski definition) is 4. The Morgan fingerprint density at radius 1 is 1.30 bits per heavy atom. The first kappa shape index (κ1) is 14.1. The third-order valence-corrected chi connectivity index (χ3v) is 3.19. The molecule has 0 atom stereocenters. The van der Waals surface area contributed by atoms with Crippen molar-refractivity contribution < 1.29 is 19.4 Å². The van der Waals surface area contributed by atoms with Gasteiger partial charge in [-0.2, -0.15) is 0 Å². The summed E-state index contributed by atoms with van der Waals surface area (Å²) in [5.74, 6) is -0.656. The lowest BCUT2D eigenvalue weighted by Gasteiger charge is -2.09. The van der Waals surface area contributed by atoms with Gasteiger partial charge < -0.3 is 9.84 Å². The lowest BCUT2D eigenvalue weighted by Crippen LogP contribution is -2.01. The SMILES string of the molecule is COC(=O)c1ccc(-c2cccc(C=O)c2O)cc1Cl. The third-order valence-electron chi connectivity index (χ3n) is 2.88. The molecule has 2 aromatic carbocycles. The van der Waals surface area contributed by atoms with Crippen molar-refractivity contribution in [2.24, 2.45) is 0 Å². The van der Waals surface area contributed by atoms with Crippen LogP contribution >= 0.6 is 11.6 Å². The Balaban J connectivity index is 2.52. The average molecular weight is 291 g/mol. The summed E-state index contributed by atoms with van der Waals surface area (Å²) >= 11 is 6.03. The van der Waals surface area contributed by atoms with Crippen molar-refractivity contribution in [1.82, 2.24) is 0 Å². The van der Waals surface area contributed by atoms with E-state index >= 15 is 0 Å². The summed E-state index contributed by atoms with van der Waals surface area (Å²) in [4.78, 5) is 22.3. The van der Waals surface area contributed by atoms with Crippen molar-refractivity contribution in [1.29, 1.82) is 0 Å². The number of hydrogen-bond donors (Lipinski definition) is 1. The van der Waals surface area contributed by atoms with E-state index in [1.165, 1.54) is 25.3 Å². The number of esters is 1. The Bertz CT molecular complexity index is 680. The van der Waals surface area contributed by atoms with Crippen LogP contribution < -0.4 is 0 Å². The lowest BCUT2D eigenvalue weighted by atomic mass is 10.0. The fourth-order valence-electron chi connectivity index (χ4n) is 1.85. The van der Waals surface area contributed by atoms with Gasteiger partial charge in [-0.05, 0) is 23.8 Å². The highest BCUT2D eigenvalue weighted by molar-refractivity contribution is 6.33. The molecule has 0 radical (unpaired) electrons. The normalized spacial score (nSPS) is 10.1. The zero-order chi connectivity index (χ0) is 14.7. The van der Waals surface area contributed by atoms with Gasteiger partial charge >= 0.3 is 5.97 Å². The number of aromatic hydroxyl groups is 1. The maximum Gasteiger partial charge on any atom is 0.339 e. The summed E-state index contributed by atoms with van der Waals surface area (Å²) in [6, 6.07) is 9.50. The van der Waals surface area contributed by atoms with Gasteiger partial charge in [0.25, 0.3) is 0 Å². The van der Waals surface area contributed by atoms with Gasteiger partial charge in [0, 0.05) is 5.56 Å². The second-order valence-corrected chi connectivity index (χ2v) is 4.45. The third kappa shape index (κ3) is 2.51. The molecule has 102 valence electrons. The summed E-state index contributed by atoms with van der Waals surface area (Å²) in [5.41, 5.74) is 1.50. The molecule has 0 fully saturated rings. The Hall–Kier alpha value is -2.33. The van der Waals surface area contributed by atoms with Crippen LogP contribution in [0.15, 0.2) is 36.4 Å². The largest absolute Gasteiger partial charge is 0.507 e. The number of phenolic OH excluding ortho intramolecular Hbond substituents is 1. The summed E-state index contributed by atoms with van der Waals surface area (Å²) < 4.78 is 4.60. The number of benzene rings is 2. The molecule has 0 spiro atoms. The van der Waals surface area contributed by atoms with Crippen molar-refractivity contribution in [3.63, 3.8) is 0 Å². The van der Waals surface area contributed by atoms with Crippen LogP contribution in [0.5, 0.6) is 5.75 Å². The van der Waals surface area contributed by atoms with Gasteiger partial charge in [-0.1, -0.05) is 29.8 Å². The molecule has 4 nitrogen and oxygen atoms in total. The maximum absolute atomic E-state index is 11.4. The summed E-state index contributed by atoms with van der Waals surface area (Å²) in [7, 11) is 1.27. The number of carbonyl (C=O) groups is 2. The van der Waals surface area contributed by atoms with E-state index in [1.807, 2.05) is 0 Å². The fourth-order valence-corrected chi connectivity index (χ4v) is 2.11. The fraction of sp³-hybridized carbons (Fsp3) is 0.0667. The number of ether oxygens (including phenoxy) is 1. The molecule has 2 rings (SSSR count). The van der Waals surface area contributed by atoms with E-state index in [2.05, 4.69) is 4.74 Å². The second-order valence-electron chi connectivity index (χ2n) is 4.05. The van der Waals surface area contributed by atoms with Crippen LogP contribution in [-0.4, -0.2) is 24.5 Å². The monoisotopic (exact) mass is 290 g/mol. The van der Waals surface area contributed by atoms with Gasteiger partial charge in [0.05, 0.1) is 23.3 Å². The number of carbonyl (C=O) groups excluding carboxylic acids is 2. The minimum absolute atomic E-state index is 0.121. The number of halogens is 1. The predicted molar refractivity (Wildman–Crippen MR) is 75.3 cm³/mol. The molecule has 0 heterocycles. The van der Waals surface area contributed by atoms with Crippen LogP contribution in [0.2, 0.25) is 5.02 Å². The van der Waals surface area contributed by atoms with Crippen molar-refractivity contribution >= 4 is 23.9 Å². The Labute approximate surface area is 120 Å². The van der Waals surface area contributed by atoms with Crippen molar-refractivity contribution in [3.05, 3.63) is 52.5 Å². The van der Waals surface area contributed by atoms with Gasteiger partial charge in [-0.25, -0.2) is 4.79 Å². The number of phenols is 1. The van der Waals surface area contributed by atoms with Gasteiger partial charge in [-0.15, -0.1) is 0 Å². The zero-order valence-corrected chi connectivity index (χ0v) is 11.3. The van der Waals surface area contributed by atoms with Crippen molar-refractivity contribution in [2.45, 2.75) is 0 Å². The molecule has 0 aliphatic heterocycles. The number of methoxy groups -OCH3 is 1. The minimum atomic E-state index is -0.535. The van der Waals surface area contributed by atoms with E-state index in [9.17, 15) is 14.7 Å². The first-order valence-electron chi connectivity index (χ1n) is 5.74. The molecule has 0 aromatic heterocycles. The molecule has 20 heavy (non-hydrogen) atoms. The van der Waals surface area contributed by atoms with Gasteiger partial charge in [0.1, 0.15) is 5.75 Å². The highest BCUT2D eigenvalue weighted by Gasteiger charge is 2.14. The van der Waals surface area contributed by atoms with E-state index < -0.39 is 5.97 Å². The Morgan fingerprint density at radius 3 is 2.65 bits per heavy atom. The molecule has 0 aliphatic rings. The first-order valence-corrected chi connectivity index (χ1v) is 6.11. The molecule has 0 unspecified atom stereocenters. The molecule has 0 saturated carbocycles. The maximum atomic E-state index is 11.4. The number of aldehydes is 1. The van der Waals surface area contributed by atoms with E-state index in [-0.39, 0.29) is 21.9 Å². The molecule has 0 amide bonds. The molecule has 2 aromatic rings. The van der Waals surface area contributed by atoms with Crippen LogP contribution in [0.4, 0.5) is 0 Å². The second kappa shape index (κ2) is 5.75. The van der Waals surface area contributed by atoms with E-state index in [1.54, 1.807) is 18.2 Å². The Morgan fingerprint density at radius 2 is 2.05 bits per heavy atom. The number of rotatable bonds is 3. The van der Waals surface area contributed by atoms with Gasteiger partial charge in [0.15, 0.2) is 6.29 Å². The van der Waals surface area contributed by atoms with E-state index in [0.29, 0.717) is 17.4 Å².